The van der Waals surface area contributed by atoms with Gasteiger partial charge >= 0.3 is 0 Å². The molecule has 2 aromatic rings. The second-order valence-electron chi connectivity index (χ2n) is 4.80. The summed E-state index contributed by atoms with van der Waals surface area (Å²) in [6.07, 6.45) is 2.20. The second kappa shape index (κ2) is 5.02. The highest BCUT2D eigenvalue weighted by molar-refractivity contribution is 6.05. The summed E-state index contributed by atoms with van der Waals surface area (Å²) in [5.74, 6) is -0.0967. The molecule has 0 bridgehead atoms. The summed E-state index contributed by atoms with van der Waals surface area (Å²) < 4.78 is 5.13. The number of amides is 1. The van der Waals surface area contributed by atoms with Gasteiger partial charge in [-0.15, -0.1) is 0 Å². The van der Waals surface area contributed by atoms with Gasteiger partial charge in [-0.1, -0.05) is 24.3 Å². The first-order valence-electron chi connectivity index (χ1n) is 6.70. The van der Waals surface area contributed by atoms with Crippen LogP contribution in [0.25, 0.3) is 10.8 Å². The number of carbonyl (C=O) groups excluding carboxylic acids is 1. The summed E-state index contributed by atoms with van der Waals surface area (Å²) in [4.78, 5) is 11.8. The van der Waals surface area contributed by atoms with Gasteiger partial charge in [-0.05, 0) is 42.3 Å². The number of aryl methyl sites for hydroxylation is 2. The van der Waals surface area contributed by atoms with E-state index >= 15 is 0 Å². The smallest absolute Gasteiger partial charge is 0.250 e. The molecule has 1 N–H and O–H groups in total. The second-order valence-corrected chi connectivity index (χ2v) is 4.80. The van der Waals surface area contributed by atoms with Gasteiger partial charge in [0.1, 0.15) is 6.61 Å². The number of carbonyl (C=O) groups is 1. The molecule has 0 radical (unpaired) electrons. The minimum absolute atomic E-state index is 0.0967. The van der Waals surface area contributed by atoms with Crippen molar-refractivity contribution >= 4 is 22.4 Å². The van der Waals surface area contributed by atoms with Crippen molar-refractivity contribution in [3.05, 3.63) is 41.5 Å². The zero-order chi connectivity index (χ0) is 13.2. The summed E-state index contributed by atoms with van der Waals surface area (Å²) in [5, 5.41) is 5.39. The third-order valence-corrected chi connectivity index (χ3v) is 3.59. The fourth-order valence-electron chi connectivity index (χ4n) is 2.74. The van der Waals surface area contributed by atoms with E-state index in [0.717, 1.165) is 23.9 Å². The normalized spacial score (nSPS) is 12.9. The Bertz CT molecular complexity index is 624. The summed E-state index contributed by atoms with van der Waals surface area (Å²) in [6.45, 7) is 2.54. The lowest BCUT2D eigenvalue weighted by Crippen LogP contribution is -2.18. The van der Waals surface area contributed by atoms with Crippen LogP contribution in [-0.2, 0) is 22.4 Å². The van der Waals surface area contributed by atoms with Crippen LogP contribution in [0.4, 0.5) is 5.69 Å². The number of rotatable bonds is 4. The van der Waals surface area contributed by atoms with Crippen molar-refractivity contribution in [2.75, 3.05) is 18.5 Å². The summed E-state index contributed by atoms with van der Waals surface area (Å²) >= 11 is 0. The van der Waals surface area contributed by atoms with Crippen LogP contribution in [0, 0.1) is 0 Å². The number of hydrogen-bond donors (Lipinski definition) is 1. The highest BCUT2D eigenvalue weighted by atomic mass is 16.5. The molecule has 0 atom stereocenters. The van der Waals surface area contributed by atoms with Gasteiger partial charge < -0.3 is 10.1 Å². The molecule has 2 aromatic carbocycles. The lowest BCUT2D eigenvalue weighted by molar-refractivity contribution is -0.120. The molecule has 3 nitrogen and oxygen atoms in total. The Morgan fingerprint density at radius 3 is 2.79 bits per heavy atom. The Hall–Kier alpha value is -1.87. The fourth-order valence-corrected chi connectivity index (χ4v) is 2.74. The van der Waals surface area contributed by atoms with Gasteiger partial charge in [-0.25, -0.2) is 0 Å². The summed E-state index contributed by atoms with van der Waals surface area (Å²) in [5.41, 5.74) is 3.65. The van der Waals surface area contributed by atoms with Crippen molar-refractivity contribution in [2.45, 2.75) is 19.8 Å². The van der Waals surface area contributed by atoms with Gasteiger partial charge in [0.2, 0.25) is 5.91 Å². The topological polar surface area (TPSA) is 38.3 Å². The molecule has 1 aliphatic rings. The maximum Gasteiger partial charge on any atom is 0.250 e. The molecular formula is C16H17NO2. The van der Waals surface area contributed by atoms with E-state index < -0.39 is 0 Å². The van der Waals surface area contributed by atoms with E-state index in [-0.39, 0.29) is 12.5 Å². The third-order valence-electron chi connectivity index (χ3n) is 3.59. The van der Waals surface area contributed by atoms with Crippen LogP contribution in [0.5, 0.6) is 0 Å². The minimum atomic E-state index is -0.0967. The standard InChI is InChI=1S/C16H17NO2/c1-2-19-10-15(18)17-14-9-8-12-7-6-11-4-3-5-13(14)16(11)12/h3-5,8-9H,2,6-7,10H2,1H3,(H,17,18). The molecule has 0 aromatic heterocycles. The van der Waals surface area contributed by atoms with Crippen molar-refractivity contribution in [1.29, 1.82) is 0 Å². The van der Waals surface area contributed by atoms with Crippen molar-refractivity contribution in [3.63, 3.8) is 0 Å². The van der Waals surface area contributed by atoms with E-state index in [1.807, 2.05) is 13.0 Å². The molecule has 0 saturated carbocycles. The van der Waals surface area contributed by atoms with Crippen LogP contribution >= 0.6 is 0 Å². The number of ether oxygens (including phenoxy) is 1. The molecule has 3 heteroatoms. The number of hydrogen-bond acceptors (Lipinski definition) is 2. The molecule has 1 amide bonds. The molecule has 0 heterocycles. The van der Waals surface area contributed by atoms with Crippen molar-refractivity contribution in [2.24, 2.45) is 0 Å². The van der Waals surface area contributed by atoms with Crippen LogP contribution in [0.1, 0.15) is 18.1 Å². The van der Waals surface area contributed by atoms with Crippen LogP contribution in [-0.4, -0.2) is 19.1 Å². The SMILES string of the molecule is CCOCC(=O)Nc1ccc2c3c(cccc13)CC2. The average molecular weight is 255 g/mol. The lowest BCUT2D eigenvalue weighted by atomic mass is 10.0. The van der Waals surface area contributed by atoms with Crippen LogP contribution in [0.3, 0.4) is 0 Å². The Morgan fingerprint density at radius 1 is 1.21 bits per heavy atom. The maximum atomic E-state index is 11.8. The van der Waals surface area contributed by atoms with Gasteiger partial charge in [0.05, 0.1) is 0 Å². The van der Waals surface area contributed by atoms with E-state index in [1.54, 1.807) is 0 Å². The van der Waals surface area contributed by atoms with Crippen LogP contribution in [0.15, 0.2) is 30.3 Å². The van der Waals surface area contributed by atoms with E-state index in [1.165, 1.54) is 16.5 Å². The first kappa shape index (κ1) is 12.2. The van der Waals surface area contributed by atoms with E-state index in [2.05, 4.69) is 29.6 Å². The highest BCUT2D eigenvalue weighted by Gasteiger charge is 2.16. The van der Waals surface area contributed by atoms with E-state index in [4.69, 9.17) is 4.74 Å². The monoisotopic (exact) mass is 255 g/mol. The van der Waals surface area contributed by atoms with Crippen LogP contribution in [0.2, 0.25) is 0 Å². The van der Waals surface area contributed by atoms with E-state index in [0.29, 0.717) is 6.61 Å². The predicted octanol–water partition coefficient (Wildman–Crippen LogP) is 2.91. The molecule has 98 valence electrons. The predicted molar refractivity (Wildman–Crippen MR) is 76.5 cm³/mol. The van der Waals surface area contributed by atoms with Crippen molar-refractivity contribution in [1.82, 2.24) is 0 Å². The first-order valence-corrected chi connectivity index (χ1v) is 6.70. The number of benzene rings is 2. The Labute approximate surface area is 112 Å². The first-order chi connectivity index (χ1) is 9.29. The molecule has 0 spiro atoms. The molecule has 19 heavy (non-hydrogen) atoms. The van der Waals surface area contributed by atoms with Crippen molar-refractivity contribution in [3.8, 4) is 0 Å². The van der Waals surface area contributed by atoms with Gasteiger partial charge in [-0.2, -0.15) is 0 Å². The lowest BCUT2D eigenvalue weighted by Gasteiger charge is -2.10. The zero-order valence-corrected chi connectivity index (χ0v) is 11.0. The Balaban J connectivity index is 1.95. The fraction of sp³-hybridized carbons (Fsp3) is 0.312. The quantitative estimate of drug-likeness (QED) is 0.912. The zero-order valence-electron chi connectivity index (χ0n) is 11.0. The molecular weight excluding hydrogens is 238 g/mol. The summed E-state index contributed by atoms with van der Waals surface area (Å²) in [7, 11) is 0. The molecule has 1 aliphatic carbocycles. The molecule has 0 aliphatic heterocycles. The van der Waals surface area contributed by atoms with Gasteiger partial charge in [0, 0.05) is 17.7 Å². The molecule has 0 fully saturated rings. The van der Waals surface area contributed by atoms with Crippen molar-refractivity contribution < 1.29 is 9.53 Å². The Kier molecular flexibility index (Phi) is 3.22. The number of anilines is 1. The largest absolute Gasteiger partial charge is 0.372 e. The van der Waals surface area contributed by atoms with Gasteiger partial charge in [-0.3, -0.25) is 4.79 Å². The maximum absolute atomic E-state index is 11.8. The minimum Gasteiger partial charge on any atom is -0.372 e. The average Bonchev–Trinajstić information content (AvgIpc) is 2.85. The Morgan fingerprint density at radius 2 is 2.00 bits per heavy atom. The van der Waals surface area contributed by atoms with Crippen LogP contribution < -0.4 is 5.32 Å². The third kappa shape index (κ3) is 2.22. The molecule has 0 saturated heterocycles. The van der Waals surface area contributed by atoms with Gasteiger partial charge in [0.25, 0.3) is 0 Å². The number of nitrogens with one attached hydrogen (secondary N) is 1. The van der Waals surface area contributed by atoms with Gasteiger partial charge in [0.15, 0.2) is 0 Å². The molecule has 0 unspecified atom stereocenters. The summed E-state index contributed by atoms with van der Waals surface area (Å²) in [6, 6.07) is 10.4. The van der Waals surface area contributed by atoms with E-state index in [9.17, 15) is 4.79 Å². The highest BCUT2D eigenvalue weighted by Crippen LogP contribution is 2.34. The molecule has 3 rings (SSSR count).